The molecule has 9 nitrogen and oxygen atoms in total. The molecule has 9 heteroatoms. The lowest BCUT2D eigenvalue weighted by atomic mass is 10.2. The third-order valence-corrected chi connectivity index (χ3v) is 4.98. The second-order valence-electron chi connectivity index (χ2n) is 6.98. The molecule has 4 rings (SSSR count). The van der Waals surface area contributed by atoms with Crippen molar-refractivity contribution in [3.63, 3.8) is 0 Å². The third-order valence-electron chi connectivity index (χ3n) is 4.98. The van der Waals surface area contributed by atoms with Gasteiger partial charge in [0.15, 0.2) is 0 Å². The smallest absolute Gasteiger partial charge is 0.247 e. The fourth-order valence-corrected chi connectivity index (χ4v) is 3.32. The summed E-state index contributed by atoms with van der Waals surface area (Å²) < 4.78 is 1.63. The van der Waals surface area contributed by atoms with Crippen LogP contribution in [0.15, 0.2) is 48.7 Å². The zero-order valence-corrected chi connectivity index (χ0v) is 16.4. The fourth-order valence-electron chi connectivity index (χ4n) is 3.32. The largest absolute Gasteiger partial charge is 0.353 e. The second-order valence-corrected chi connectivity index (χ2v) is 6.98. The number of hydrogen-bond donors (Lipinski definition) is 1. The van der Waals surface area contributed by atoms with Crippen molar-refractivity contribution in [3.8, 4) is 5.69 Å². The van der Waals surface area contributed by atoms with Crippen LogP contribution in [0.5, 0.6) is 0 Å². The van der Waals surface area contributed by atoms with Crippen molar-refractivity contribution in [1.82, 2.24) is 30.1 Å². The van der Waals surface area contributed by atoms with Crippen molar-refractivity contribution >= 4 is 17.7 Å². The number of rotatable bonds is 6. The Morgan fingerprint density at radius 1 is 1.07 bits per heavy atom. The maximum atomic E-state index is 12.6. The molecule has 1 amide bonds. The van der Waals surface area contributed by atoms with Crippen LogP contribution >= 0.6 is 0 Å². The van der Waals surface area contributed by atoms with Gasteiger partial charge in [0.2, 0.25) is 11.9 Å². The van der Waals surface area contributed by atoms with E-state index in [0.29, 0.717) is 32.0 Å². The van der Waals surface area contributed by atoms with E-state index >= 15 is 0 Å². The number of benzene rings is 1. The fraction of sp³-hybridized carbons (Fsp3) is 0.350. The number of hydrogen-bond acceptors (Lipinski definition) is 7. The SMILES string of the molecule is Cc1ccc(-n2nnnc2NCCC(=O)N2CCN(c3ccccn3)CC2)cc1. The van der Waals surface area contributed by atoms with Crippen LogP contribution in [0.1, 0.15) is 12.0 Å². The number of carbonyl (C=O) groups excluding carboxylic acids is 1. The Kier molecular flexibility index (Phi) is 5.64. The molecule has 1 aromatic carbocycles. The van der Waals surface area contributed by atoms with Gasteiger partial charge in [-0.2, -0.15) is 4.68 Å². The van der Waals surface area contributed by atoms with Crippen molar-refractivity contribution in [1.29, 1.82) is 0 Å². The van der Waals surface area contributed by atoms with Gasteiger partial charge in [-0.1, -0.05) is 28.9 Å². The molecule has 0 atom stereocenters. The molecule has 1 aliphatic heterocycles. The molecule has 0 unspecified atom stereocenters. The number of nitrogens with one attached hydrogen (secondary N) is 1. The van der Waals surface area contributed by atoms with Crippen molar-refractivity contribution < 1.29 is 4.79 Å². The number of aryl methyl sites for hydroxylation is 1. The van der Waals surface area contributed by atoms with Crippen LogP contribution in [0.25, 0.3) is 5.69 Å². The summed E-state index contributed by atoms with van der Waals surface area (Å²) in [5.41, 5.74) is 2.05. The van der Waals surface area contributed by atoms with E-state index in [1.54, 1.807) is 10.9 Å². The van der Waals surface area contributed by atoms with E-state index in [2.05, 4.69) is 30.7 Å². The number of nitrogens with zero attached hydrogens (tertiary/aromatic N) is 7. The quantitative estimate of drug-likeness (QED) is 0.680. The van der Waals surface area contributed by atoms with Gasteiger partial charge in [0, 0.05) is 45.3 Å². The number of carbonyl (C=O) groups is 1. The normalized spacial score (nSPS) is 14.1. The van der Waals surface area contributed by atoms with E-state index < -0.39 is 0 Å². The van der Waals surface area contributed by atoms with Crippen molar-refractivity contribution in [3.05, 3.63) is 54.2 Å². The molecule has 0 radical (unpaired) electrons. The molecule has 150 valence electrons. The summed E-state index contributed by atoms with van der Waals surface area (Å²) in [7, 11) is 0. The zero-order chi connectivity index (χ0) is 20.1. The van der Waals surface area contributed by atoms with Crippen LogP contribution in [-0.4, -0.2) is 68.7 Å². The van der Waals surface area contributed by atoms with Crippen LogP contribution in [0, 0.1) is 6.92 Å². The van der Waals surface area contributed by atoms with E-state index in [9.17, 15) is 4.79 Å². The lowest BCUT2D eigenvalue weighted by molar-refractivity contribution is -0.131. The van der Waals surface area contributed by atoms with Crippen LogP contribution in [0.3, 0.4) is 0 Å². The lowest BCUT2D eigenvalue weighted by Gasteiger charge is -2.35. The summed E-state index contributed by atoms with van der Waals surface area (Å²) >= 11 is 0. The molecule has 0 aliphatic carbocycles. The second kappa shape index (κ2) is 8.68. The molecular formula is C20H24N8O. The van der Waals surface area contributed by atoms with Crippen LogP contribution < -0.4 is 10.2 Å². The van der Waals surface area contributed by atoms with Gasteiger partial charge < -0.3 is 15.1 Å². The summed E-state index contributed by atoms with van der Waals surface area (Å²) in [6.45, 7) is 5.51. The van der Waals surface area contributed by atoms with Gasteiger partial charge >= 0.3 is 0 Å². The first kappa shape index (κ1) is 18.9. The number of piperazine rings is 1. The Balaban J connectivity index is 1.26. The highest BCUT2D eigenvalue weighted by Gasteiger charge is 2.21. The number of anilines is 2. The maximum Gasteiger partial charge on any atom is 0.247 e. The Morgan fingerprint density at radius 2 is 1.86 bits per heavy atom. The summed E-state index contributed by atoms with van der Waals surface area (Å²) in [6.07, 6.45) is 2.19. The highest BCUT2D eigenvalue weighted by Crippen LogP contribution is 2.14. The molecule has 0 spiro atoms. The van der Waals surface area contributed by atoms with E-state index in [-0.39, 0.29) is 5.91 Å². The Morgan fingerprint density at radius 3 is 2.59 bits per heavy atom. The summed E-state index contributed by atoms with van der Waals surface area (Å²) in [5.74, 6) is 1.62. The molecule has 0 saturated carbocycles. The first-order chi connectivity index (χ1) is 14.2. The first-order valence-electron chi connectivity index (χ1n) is 9.74. The van der Waals surface area contributed by atoms with Gasteiger partial charge in [-0.3, -0.25) is 4.79 Å². The molecule has 1 N–H and O–H groups in total. The summed E-state index contributed by atoms with van der Waals surface area (Å²) in [4.78, 5) is 21.0. The van der Waals surface area contributed by atoms with Gasteiger partial charge in [0.05, 0.1) is 5.69 Å². The molecular weight excluding hydrogens is 368 g/mol. The topological polar surface area (TPSA) is 92.1 Å². The molecule has 1 fully saturated rings. The molecule has 0 bridgehead atoms. The maximum absolute atomic E-state index is 12.6. The minimum Gasteiger partial charge on any atom is -0.353 e. The molecule has 1 aliphatic rings. The van der Waals surface area contributed by atoms with Crippen molar-refractivity contribution in [2.24, 2.45) is 0 Å². The number of tetrazole rings is 1. The Labute approximate surface area is 169 Å². The first-order valence-corrected chi connectivity index (χ1v) is 9.74. The van der Waals surface area contributed by atoms with Crippen LogP contribution in [0.2, 0.25) is 0 Å². The molecule has 1 saturated heterocycles. The van der Waals surface area contributed by atoms with Gasteiger partial charge in [-0.15, -0.1) is 0 Å². The predicted octanol–water partition coefficient (Wildman–Crippen LogP) is 1.52. The van der Waals surface area contributed by atoms with Crippen LogP contribution in [-0.2, 0) is 4.79 Å². The van der Waals surface area contributed by atoms with Gasteiger partial charge in [0.1, 0.15) is 5.82 Å². The van der Waals surface area contributed by atoms with E-state index in [1.165, 1.54) is 5.56 Å². The van der Waals surface area contributed by atoms with Gasteiger partial charge in [-0.25, -0.2) is 4.98 Å². The summed E-state index contributed by atoms with van der Waals surface area (Å²) in [5, 5.41) is 15.0. The van der Waals surface area contributed by atoms with Crippen molar-refractivity contribution in [2.75, 3.05) is 42.9 Å². The minimum atomic E-state index is 0.132. The lowest BCUT2D eigenvalue weighted by Crippen LogP contribution is -2.49. The minimum absolute atomic E-state index is 0.132. The average Bonchev–Trinajstić information content (AvgIpc) is 3.23. The Hall–Kier alpha value is -3.49. The number of aromatic nitrogens is 5. The highest BCUT2D eigenvalue weighted by molar-refractivity contribution is 5.77. The van der Waals surface area contributed by atoms with Gasteiger partial charge in [0.25, 0.3) is 0 Å². The molecule has 3 heterocycles. The average molecular weight is 392 g/mol. The van der Waals surface area contributed by atoms with E-state index in [0.717, 1.165) is 24.6 Å². The van der Waals surface area contributed by atoms with Crippen LogP contribution in [0.4, 0.5) is 11.8 Å². The standard InChI is InChI=1S/C20H24N8O/c1-16-5-7-17(8-6-16)28-20(23-24-25-28)22-11-9-19(29)27-14-12-26(13-15-27)18-4-2-3-10-21-18/h2-8,10H,9,11-15H2,1H3,(H,22,23,25). The summed E-state index contributed by atoms with van der Waals surface area (Å²) in [6, 6.07) is 13.8. The Bertz CT molecular complexity index is 933. The van der Waals surface area contributed by atoms with Gasteiger partial charge in [-0.05, 0) is 41.6 Å². The molecule has 29 heavy (non-hydrogen) atoms. The number of pyridine rings is 1. The predicted molar refractivity (Wildman–Crippen MR) is 110 cm³/mol. The highest BCUT2D eigenvalue weighted by atomic mass is 16.2. The van der Waals surface area contributed by atoms with Crippen molar-refractivity contribution in [2.45, 2.75) is 13.3 Å². The zero-order valence-electron chi connectivity index (χ0n) is 16.4. The van der Waals surface area contributed by atoms with E-state index in [4.69, 9.17) is 0 Å². The monoisotopic (exact) mass is 392 g/mol. The molecule has 3 aromatic rings. The molecule has 2 aromatic heterocycles. The van der Waals surface area contributed by atoms with E-state index in [1.807, 2.05) is 54.3 Å². The third kappa shape index (κ3) is 4.50. The number of amides is 1.